The van der Waals surface area contributed by atoms with Gasteiger partial charge in [0.15, 0.2) is 5.82 Å². The Kier molecular flexibility index (Phi) is 5.03. The lowest BCUT2D eigenvalue weighted by Crippen LogP contribution is -2.34. The molecule has 1 saturated heterocycles. The van der Waals surface area contributed by atoms with Crippen LogP contribution in [-0.4, -0.2) is 54.1 Å². The molecule has 4 rings (SSSR count). The van der Waals surface area contributed by atoms with E-state index in [-0.39, 0.29) is 17.2 Å². The van der Waals surface area contributed by atoms with Gasteiger partial charge in [0.05, 0.1) is 5.69 Å². The molecule has 3 N–H and O–H groups in total. The Bertz CT molecular complexity index is 974. The van der Waals surface area contributed by atoms with E-state index in [4.69, 9.17) is 0 Å². The molecule has 0 bridgehead atoms. The van der Waals surface area contributed by atoms with Crippen LogP contribution in [0.15, 0.2) is 43.0 Å². The van der Waals surface area contributed by atoms with E-state index in [2.05, 4.69) is 24.8 Å². The van der Waals surface area contributed by atoms with Crippen molar-refractivity contribution in [3.8, 4) is 17.3 Å². The van der Waals surface area contributed by atoms with Crippen LogP contribution in [0.25, 0.3) is 11.5 Å². The van der Waals surface area contributed by atoms with Crippen LogP contribution in [0.2, 0.25) is 0 Å². The number of nitrogens with one attached hydrogen (secondary N) is 1. The molecule has 0 saturated carbocycles. The molecule has 0 aliphatic carbocycles. The van der Waals surface area contributed by atoms with Gasteiger partial charge < -0.3 is 15.2 Å². The quantitative estimate of drug-likeness (QED) is 0.624. The summed E-state index contributed by atoms with van der Waals surface area (Å²) in [7, 11) is 0. The van der Waals surface area contributed by atoms with Crippen LogP contribution in [0, 0.1) is 0 Å². The summed E-state index contributed by atoms with van der Waals surface area (Å²) >= 11 is 0. The second-order valence-electron chi connectivity index (χ2n) is 6.96. The largest absolute Gasteiger partial charge is 0.507 e. The van der Waals surface area contributed by atoms with Crippen LogP contribution in [0.5, 0.6) is 5.75 Å². The van der Waals surface area contributed by atoms with Gasteiger partial charge in [-0.3, -0.25) is 9.88 Å². The Labute approximate surface area is 161 Å². The molecule has 0 spiro atoms. The van der Waals surface area contributed by atoms with E-state index < -0.39 is 5.97 Å². The number of phenols is 1. The lowest BCUT2D eigenvalue weighted by Gasteiger charge is -2.33. The third kappa shape index (κ3) is 3.72. The highest BCUT2D eigenvalue weighted by atomic mass is 16.4. The molecule has 144 valence electrons. The molecule has 8 heteroatoms. The van der Waals surface area contributed by atoms with Crippen molar-refractivity contribution in [2.24, 2.45) is 0 Å². The Morgan fingerprint density at radius 2 is 2.07 bits per heavy atom. The number of hydrogen-bond donors (Lipinski definition) is 3. The Hall–Kier alpha value is -3.26. The summed E-state index contributed by atoms with van der Waals surface area (Å²) in [4.78, 5) is 30.0. The van der Waals surface area contributed by atoms with Gasteiger partial charge in [-0.05, 0) is 37.1 Å². The van der Waals surface area contributed by atoms with Crippen LogP contribution in [0.1, 0.15) is 40.4 Å². The van der Waals surface area contributed by atoms with E-state index in [1.165, 1.54) is 12.1 Å². The van der Waals surface area contributed by atoms with Crippen molar-refractivity contribution in [3.05, 3.63) is 59.8 Å². The Morgan fingerprint density at radius 3 is 2.86 bits per heavy atom. The van der Waals surface area contributed by atoms with E-state index in [0.29, 0.717) is 12.4 Å². The zero-order valence-corrected chi connectivity index (χ0v) is 15.2. The number of carboxylic acids is 1. The molecule has 1 aromatic carbocycles. The summed E-state index contributed by atoms with van der Waals surface area (Å²) in [5.41, 5.74) is 2.50. The first kappa shape index (κ1) is 18.1. The van der Waals surface area contributed by atoms with Crippen LogP contribution >= 0.6 is 0 Å². The van der Waals surface area contributed by atoms with Crippen molar-refractivity contribution in [1.82, 2.24) is 24.8 Å². The average molecular weight is 379 g/mol. The van der Waals surface area contributed by atoms with E-state index in [0.717, 1.165) is 42.9 Å². The molecule has 2 aromatic heterocycles. The zero-order valence-electron chi connectivity index (χ0n) is 15.2. The fourth-order valence-corrected chi connectivity index (χ4v) is 3.76. The van der Waals surface area contributed by atoms with E-state index in [1.54, 1.807) is 30.9 Å². The number of piperidine rings is 1. The molecule has 1 aliphatic rings. The van der Waals surface area contributed by atoms with Gasteiger partial charge in [-0.25, -0.2) is 14.8 Å². The normalized spacial score (nSPS) is 17.5. The minimum atomic E-state index is -1.13. The molecule has 28 heavy (non-hydrogen) atoms. The predicted octanol–water partition coefficient (Wildman–Crippen LogP) is 2.65. The van der Waals surface area contributed by atoms with E-state index >= 15 is 0 Å². The van der Waals surface area contributed by atoms with Gasteiger partial charge in [-0.1, -0.05) is 6.07 Å². The second kappa shape index (κ2) is 7.77. The minimum Gasteiger partial charge on any atom is -0.507 e. The van der Waals surface area contributed by atoms with Crippen molar-refractivity contribution < 1.29 is 15.0 Å². The summed E-state index contributed by atoms with van der Waals surface area (Å²) in [6.45, 7) is 2.35. The number of aromatic hydroxyl groups is 1. The lowest BCUT2D eigenvalue weighted by atomic mass is 9.92. The number of carboxylic acid groups (broad SMARTS) is 1. The fraction of sp³-hybridized carbons (Fsp3) is 0.300. The zero-order chi connectivity index (χ0) is 19.5. The van der Waals surface area contributed by atoms with E-state index in [9.17, 15) is 15.0 Å². The topological polar surface area (TPSA) is 115 Å². The van der Waals surface area contributed by atoms with Gasteiger partial charge in [0.1, 0.15) is 17.0 Å². The number of likely N-dealkylation sites (tertiary alicyclic amines) is 1. The fourth-order valence-electron chi connectivity index (χ4n) is 3.76. The van der Waals surface area contributed by atoms with E-state index in [1.807, 2.05) is 0 Å². The van der Waals surface area contributed by atoms with Gasteiger partial charge in [0.2, 0.25) is 0 Å². The van der Waals surface area contributed by atoms with Crippen LogP contribution in [0.4, 0.5) is 0 Å². The second-order valence-corrected chi connectivity index (χ2v) is 6.96. The number of benzene rings is 1. The average Bonchev–Trinajstić information content (AvgIpc) is 3.24. The van der Waals surface area contributed by atoms with Gasteiger partial charge in [-0.15, -0.1) is 0 Å². The first-order chi connectivity index (χ1) is 13.6. The molecule has 0 amide bonds. The number of rotatable bonds is 5. The number of nitrogens with zero attached hydrogens (tertiary/aromatic N) is 4. The summed E-state index contributed by atoms with van der Waals surface area (Å²) in [6.07, 6.45) is 8.88. The number of hydrogen-bond acceptors (Lipinski definition) is 6. The molecule has 1 fully saturated rings. The number of carbonyl (C=O) groups is 1. The van der Waals surface area contributed by atoms with Crippen molar-refractivity contribution >= 4 is 5.97 Å². The van der Waals surface area contributed by atoms with Crippen LogP contribution < -0.4 is 0 Å². The standard InChI is InChI=1S/C20H21N5O3/c26-16-4-3-13(10-15(16)20(27)28)11-25-9-1-2-14(12-25)17-18(22-6-5-21-17)19-23-7-8-24-19/h3-8,10,14,26H,1-2,9,11-12H2,(H,23,24)(H,27,28)/t14-/m1/s1. The maximum atomic E-state index is 11.3. The SMILES string of the molecule is O=C(O)c1cc(CN2CCC[C@@H](c3nccnc3-c3ncc[nH]3)C2)ccc1O. The van der Waals surface area contributed by atoms with Crippen molar-refractivity contribution in [1.29, 1.82) is 0 Å². The van der Waals surface area contributed by atoms with Crippen molar-refractivity contribution in [3.63, 3.8) is 0 Å². The van der Waals surface area contributed by atoms with Crippen molar-refractivity contribution in [2.45, 2.75) is 25.3 Å². The first-order valence-electron chi connectivity index (χ1n) is 9.20. The Balaban J connectivity index is 1.53. The van der Waals surface area contributed by atoms with Gasteiger partial charge in [0, 0.05) is 43.8 Å². The first-order valence-corrected chi connectivity index (χ1v) is 9.20. The predicted molar refractivity (Wildman–Crippen MR) is 102 cm³/mol. The molecular formula is C20H21N5O3. The monoisotopic (exact) mass is 379 g/mol. The number of aromatic amines is 1. The highest BCUT2D eigenvalue weighted by molar-refractivity contribution is 5.90. The highest BCUT2D eigenvalue weighted by Gasteiger charge is 2.26. The number of aromatic carboxylic acids is 1. The molecule has 3 aromatic rings. The van der Waals surface area contributed by atoms with Gasteiger partial charge in [-0.2, -0.15) is 0 Å². The summed E-state index contributed by atoms with van der Waals surface area (Å²) in [5.74, 6) is -0.405. The third-order valence-corrected chi connectivity index (χ3v) is 5.04. The highest BCUT2D eigenvalue weighted by Crippen LogP contribution is 2.31. The number of aromatic nitrogens is 4. The summed E-state index contributed by atoms with van der Waals surface area (Å²) in [5, 5.41) is 18.9. The molecule has 1 atom stereocenters. The summed E-state index contributed by atoms with van der Waals surface area (Å²) < 4.78 is 0. The molecule has 0 unspecified atom stereocenters. The maximum Gasteiger partial charge on any atom is 0.339 e. The summed E-state index contributed by atoms with van der Waals surface area (Å²) in [6, 6.07) is 4.75. The van der Waals surface area contributed by atoms with Gasteiger partial charge in [0.25, 0.3) is 0 Å². The van der Waals surface area contributed by atoms with Crippen LogP contribution in [-0.2, 0) is 6.54 Å². The smallest absolute Gasteiger partial charge is 0.339 e. The minimum absolute atomic E-state index is 0.0694. The number of H-pyrrole nitrogens is 1. The Morgan fingerprint density at radius 1 is 1.21 bits per heavy atom. The molecular weight excluding hydrogens is 358 g/mol. The molecule has 0 radical (unpaired) electrons. The molecule has 3 heterocycles. The van der Waals surface area contributed by atoms with Crippen molar-refractivity contribution in [2.75, 3.05) is 13.1 Å². The molecule has 8 nitrogen and oxygen atoms in total. The maximum absolute atomic E-state index is 11.3. The van der Waals surface area contributed by atoms with Crippen LogP contribution in [0.3, 0.4) is 0 Å². The molecule has 1 aliphatic heterocycles. The number of imidazole rings is 1. The third-order valence-electron chi connectivity index (χ3n) is 5.04. The lowest BCUT2D eigenvalue weighted by molar-refractivity contribution is 0.0693. The van der Waals surface area contributed by atoms with Gasteiger partial charge >= 0.3 is 5.97 Å².